The van der Waals surface area contributed by atoms with Gasteiger partial charge in [-0.2, -0.15) is 0 Å². The first-order chi connectivity index (χ1) is 8.45. The van der Waals surface area contributed by atoms with E-state index in [2.05, 4.69) is 0 Å². The smallest absolute Gasteiger partial charge is 0.314 e. The summed E-state index contributed by atoms with van der Waals surface area (Å²) in [6.45, 7) is 2.29. The topological polar surface area (TPSA) is 72.5 Å². The van der Waals surface area contributed by atoms with Gasteiger partial charge in [0.25, 0.3) is 0 Å². The summed E-state index contributed by atoms with van der Waals surface area (Å²) in [5, 5.41) is 10.1. The summed E-state index contributed by atoms with van der Waals surface area (Å²) in [4.78, 5) is 11.7. The van der Waals surface area contributed by atoms with E-state index in [9.17, 15) is 9.90 Å². The zero-order chi connectivity index (χ0) is 13.3. The molecular formula is C13H16ClNO3. The second-order valence-corrected chi connectivity index (χ2v) is 5.19. The number of halogens is 1. The molecule has 2 unspecified atom stereocenters. The average molecular weight is 270 g/mol. The number of benzene rings is 1. The third kappa shape index (κ3) is 2.18. The number of ether oxygens (including phenoxy) is 1. The normalized spacial score (nSPS) is 28.0. The molecule has 1 aliphatic heterocycles. The maximum absolute atomic E-state index is 11.7. The lowest BCUT2D eigenvalue weighted by molar-refractivity contribution is -0.150. The molecule has 1 aromatic rings. The van der Waals surface area contributed by atoms with Gasteiger partial charge in [0.2, 0.25) is 0 Å². The summed E-state index contributed by atoms with van der Waals surface area (Å²) in [5.41, 5.74) is 6.00. The van der Waals surface area contributed by atoms with E-state index < -0.39 is 11.4 Å². The van der Waals surface area contributed by atoms with Crippen LogP contribution in [0.1, 0.15) is 25.3 Å². The van der Waals surface area contributed by atoms with Crippen molar-refractivity contribution in [2.75, 3.05) is 12.3 Å². The van der Waals surface area contributed by atoms with Gasteiger partial charge in [-0.3, -0.25) is 4.79 Å². The van der Waals surface area contributed by atoms with Crippen molar-refractivity contribution in [1.82, 2.24) is 0 Å². The number of anilines is 1. The first-order valence-electron chi connectivity index (χ1n) is 5.86. The third-order valence-electron chi connectivity index (χ3n) is 3.51. The number of nitrogens with two attached hydrogens (primary N) is 1. The Morgan fingerprint density at radius 1 is 1.61 bits per heavy atom. The molecule has 0 amide bonds. The molecule has 1 aromatic carbocycles. The highest BCUT2D eigenvalue weighted by Gasteiger charge is 2.45. The number of aliphatic carboxylic acids is 1. The SMILES string of the molecule is CC1CC(C(=O)O)(c2cc(Cl)ccc2N)CCO1. The molecule has 98 valence electrons. The second-order valence-electron chi connectivity index (χ2n) is 4.75. The summed E-state index contributed by atoms with van der Waals surface area (Å²) < 4.78 is 5.44. The quantitative estimate of drug-likeness (QED) is 0.809. The predicted molar refractivity (Wildman–Crippen MR) is 69.8 cm³/mol. The fourth-order valence-corrected chi connectivity index (χ4v) is 2.76. The Hall–Kier alpha value is -1.26. The van der Waals surface area contributed by atoms with Crippen LogP contribution in [0.2, 0.25) is 5.02 Å². The Morgan fingerprint density at radius 2 is 2.33 bits per heavy atom. The molecule has 0 saturated carbocycles. The van der Waals surface area contributed by atoms with Crippen molar-refractivity contribution in [2.24, 2.45) is 0 Å². The molecule has 3 N–H and O–H groups in total. The molecule has 0 spiro atoms. The fourth-order valence-electron chi connectivity index (χ4n) is 2.58. The fraction of sp³-hybridized carbons (Fsp3) is 0.462. The van der Waals surface area contributed by atoms with Gasteiger partial charge < -0.3 is 15.6 Å². The van der Waals surface area contributed by atoms with Crippen molar-refractivity contribution in [3.63, 3.8) is 0 Å². The van der Waals surface area contributed by atoms with Crippen LogP contribution in [0.15, 0.2) is 18.2 Å². The van der Waals surface area contributed by atoms with Gasteiger partial charge in [-0.25, -0.2) is 0 Å². The molecule has 1 saturated heterocycles. The Bertz CT molecular complexity index is 477. The molecular weight excluding hydrogens is 254 g/mol. The number of carboxylic acids is 1. The van der Waals surface area contributed by atoms with E-state index >= 15 is 0 Å². The molecule has 0 radical (unpaired) electrons. The highest BCUT2D eigenvalue weighted by molar-refractivity contribution is 6.30. The monoisotopic (exact) mass is 269 g/mol. The highest BCUT2D eigenvalue weighted by atomic mass is 35.5. The highest BCUT2D eigenvalue weighted by Crippen LogP contribution is 2.41. The van der Waals surface area contributed by atoms with Gasteiger partial charge in [0, 0.05) is 17.3 Å². The summed E-state index contributed by atoms with van der Waals surface area (Å²) in [7, 11) is 0. The zero-order valence-electron chi connectivity index (χ0n) is 10.1. The van der Waals surface area contributed by atoms with Crippen molar-refractivity contribution in [1.29, 1.82) is 0 Å². The van der Waals surface area contributed by atoms with Gasteiger partial charge >= 0.3 is 5.97 Å². The van der Waals surface area contributed by atoms with E-state index in [0.717, 1.165) is 0 Å². The van der Waals surface area contributed by atoms with Crippen LogP contribution in [0, 0.1) is 0 Å². The van der Waals surface area contributed by atoms with E-state index in [0.29, 0.717) is 35.7 Å². The van der Waals surface area contributed by atoms with E-state index in [1.807, 2.05) is 6.92 Å². The molecule has 0 bridgehead atoms. The Kier molecular flexibility index (Phi) is 3.50. The minimum Gasteiger partial charge on any atom is -0.481 e. The van der Waals surface area contributed by atoms with Crippen LogP contribution >= 0.6 is 11.6 Å². The van der Waals surface area contributed by atoms with Crippen molar-refractivity contribution in [3.8, 4) is 0 Å². The lowest BCUT2D eigenvalue weighted by atomic mass is 9.72. The lowest BCUT2D eigenvalue weighted by Crippen LogP contribution is -2.44. The minimum absolute atomic E-state index is 0.103. The van der Waals surface area contributed by atoms with Crippen LogP contribution in [-0.4, -0.2) is 23.8 Å². The summed E-state index contributed by atoms with van der Waals surface area (Å²) in [6.07, 6.45) is 0.720. The first-order valence-corrected chi connectivity index (χ1v) is 6.24. The zero-order valence-corrected chi connectivity index (χ0v) is 10.9. The van der Waals surface area contributed by atoms with E-state index in [1.54, 1.807) is 18.2 Å². The van der Waals surface area contributed by atoms with Gasteiger partial charge in [0.15, 0.2) is 0 Å². The van der Waals surface area contributed by atoms with Gasteiger partial charge in [0.1, 0.15) is 0 Å². The largest absolute Gasteiger partial charge is 0.481 e. The van der Waals surface area contributed by atoms with Gasteiger partial charge in [-0.05, 0) is 43.5 Å². The van der Waals surface area contributed by atoms with E-state index in [-0.39, 0.29) is 6.10 Å². The van der Waals surface area contributed by atoms with Crippen LogP contribution in [0.3, 0.4) is 0 Å². The van der Waals surface area contributed by atoms with Crippen molar-refractivity contribution in [2.45, 2.75) is 31.3 Å². The van der Waals surface area contributed by atoms with Crippen LogP contribution in [0.25, 0.3) is 0 Å². The van der Waals surface area contributed by atoms with Gasteiger partial charge in [0.05, 0.1) is 11.5 Å². The van der Waals surface area contributed by atoms with Crippen molar-refractivity contribution < 1.29 is 14.6 Å². The number of hydrogen-bond acceptors (Lipinski definition) is 3. The van der Waals surface area contributed by atoms with Crippen LogP contribution in [-0.2, 0) is 14.9 Å². The third-order valence-corrected chi connectivity index (χ3v) is 3.74. The van der Waals surface area contributed by atoms with Crippen LogP contribution in [0.5, 0.6) is 0 Å². The number of nitrogen functional groups attached to an aromatic ring is 1. The van der Waals surface area contributed by atoms with Gasteiger partial charge in [-0.1, -0.05) is 11.6 Å². The summed E-state index contributed by atoms with van der Waals surface area (Å²) >= 11 is 5.96. The molecule has 2 rings (SSSR count). The van der Waals surface area contributed by atoms with Crippen LogP contribution < -0.4 is 5.73 Å². The molecule has 1 fully saturated rings. The lowest BCUT2D eigenvalue weighted by Gasteiger charge is -2.37. The predicted octanol–water partition coefficient (Wildman–Crippen LogP) is 2.44. The second kappa shape index (κ2) is 4.78. The first kappa shape index (κ1) is 13.2. The van der Waals surface area contributed by atoms with Crippen molar-refractivity contribution >= 4 is 23.3 Å². The molecule has 0 aromatic heterocycles. The number of carbonyl (C=O) groups is 1. The molecule has 2 atom stereocenters. The maximum atomic E-state index is 11.7. The molecule has 1 aliphatic rings. The number of hydrogen-bond donors (Lipinski definition) is 2. The average Bonchev–Trinajstić information content (AvgIpc) is 2.32. The van der Waals surface area contributed by atoms with E-state index in [1.165, 1.54) is 0 Å². The molecule has 5 heteroatoms. The van der Waals surface area contributed by atoms with Gasteiger partial charge in [-0.15, -0.1) is 0 Å². The standard InChI is InChI=1S/C13H16ClNO3/c1-8-7-13(12(16)17,4-5-18-8)10-6-9(14)2-3-11(10)15/h2-3,6,8H,4-5,7,15H2,1H3,(H,16,17). The summed E-state index contributed by atoms with van der Waals surface area (Å²) in [6, 6.07) is 4.98. The molecule has 0 aliphatic carbocycles. The minimum atomic E-state index is -0.993. The summed E-state index contributed by atoms with van der Waals surface area (Å²) in [5.74, 6) is -0.869. The van der Waals surface area contributed by atoms with Crippen LogP contribution in [0.4, 0.5) is 5.69 Å². The maximum Gasteiger partial charge on any atom is 0.314 e. The Labute approximate surface area is 111 Å². The number of carboxylic acid groups (broad SMARTS) is 1. The van der Waals surface area contributed by atoms with Crippen molar-refractivity contribution in [3.05, 3.63) is 28.8 Å². The van der Waals surface area contributed by atoms with E-state index in [4.69, 9.17) is 22.1 Å². The molecule has 1 heterocycles. The number of rotatable bonds is 2. The Morgan fingerprint density at radius 3 is 2.94 bits per heavy atom. The Balaban J connectivity index is 2.53. The molecule has 18 heavy (non-hydrogen) atoms. The molecule has 4 nitrogen and oxygen atoms in total.